The van der Waals surface area contributed by atoms with Crippen LogP contribution in [-0.2, 0) is 0 Å². The molecule has 1 amide bonds. The van der Waals surface area contributed by atoms with E-state index in [1.165, 1.54) is 11.3 Å². The minimum absolute atomic E-state index is 0.0246. The minimum atomic E-state index is 0.0246. The van der Waals surface area contributed by atoms with E-state index in [2.05, 4.69) is 15.0 Å². The molecule has 1 aliphatic rings. The summed E-state index contributed by atoms with van der Waals surface area (Å²) in [5.41, 5.74) is 0.899. The number of rotatable bonds is 2. The smallest absolute Gasteiger partial charge is 0.282 e. The third-order valence-corrected chi connectivity index (χ3v) is 4.18. The summed E-state index contributed by atoms with van der Waals surface area (Å²) >= 11 is 1.41. The lowest BCUT2D eigenvalue weighted by molar-refractivity contribution is 0.0790. The highest BCUT2D eigenvalue weighted by Gasteiger charge is 2.30. The zero-order valence-corrected chi connectivity index (χ0v) is 11.4. The van der Waals surface area contributed by atoms with Gasteiger partial charge in [0.25, 0.3) is 5.91 Å². The summed E-state index contributed by atoms with van der Waals surface area (Å²) in [4.78, 5) is 26.9. The largest absolute Gasteiger partial charge is 0.336 e. The third-order valence-electron chi connectivity index (χ3n) is 3.23. The van der Waals surface area contributed by atoms with E-state index in [0.717, 1.165) is 24.5 Å². The molecule has 1 aliphatic heterocycles. The van der Waals surface area contributed by atoms with Crippen molar-refractivity contribution < 1.29 is 4.79 Å². The van der Waals surface area contributed by atoms with Crippen LogP contribution in [-0.4, -0.2) is 38.8 Å². The van der Waals surface area contributed by atoms with Crippen molar-refractivity contribution in [1.82, 2.24) is 19.9 Å². The molecule has 0 radical (unpaired) electrons. The Bertz CT molecular complexity index is 583. The topological polar surface area (TPSA) is 59.0 Å². The first-order valence-corrected chi connectivity index (χ1v) is 7.10. The number of carbonyl (C=O) groups excluding carboxylic acids is 1. The lowest BCUT2D eigenvalue weighted by atomic mass is 10.1. The Morgan fingerprint density at radius 3 is 2.89 bits per heavy atom. The number of hydrogen-bond acceptors (Lipinski definition) is 5. The van der Waals surface area contributed by atoms with Crippen molar-refractivity contribution in [3.8, 4) is 0 Å². The highest BCUT2D eigenvalue weighted by molar-refractivity contribution is 7.11. The van der Waals surface area contributed by atoms with E-state index in [1.807, 2.05) is 17.2 Å². The molecule has 1 fully saturated rings. The van der Waals surface area contributed by atoms with Crippen LogP contribution in [0.1, 0.15) is 33.7 Å². The summed E-state index contributed by atoms with van der Waals surface area (Å²) < 4.78 is 0. The van der Waals surface area contributed by atoms with Gasteiger partial charge in [0.05, 0.1) is 0 Å². The Morgan fingerprint density at radius 2 is 2.21 bits per heavy atom. The van der Waals surface area contributed by atoms with E-state index >= 15 is 0 Å². The summed E-state index contributed by atoms with van der Waals surface area (Å²) in [7, 11) is 0. The average Bonchev–Trinajstić information content (AvgIpc) is 3.08. The van der Waals surface area contributed by atoms with E-state index < -0.39 is 0 Å². The van der Waals surface area contributed by atoms with E-state index in [0.29, 0.717) is 11.6 Å². The van der Waals surface area contributed by atoms with E-state index in [4.69, 9.17) is 0 Å². The van der Waals surface area contributed by atoms with Gasteiger partial charge < -0.3 is 4.90 Å². The van der Waals surface area contributed by atoms with Gasteiger partial charge in [-0.3, -0.25) is 4.79 Å². The van der Waals surface area contributed by atoms with Crippen molar-refractivity contribution in [1.29, 1.82) is 0 Å². The van der Waals surface area contributed by atoms with Crippen molar-refractivity contribution in [3.63, 3.8) is 0 Å². The van der Waals surface area contributed by atoms with Crippen LogP contribution >= 0.6 is 11.3 Å². The summed E-state index contributed by atoms with van der Waals surface area (Å²) in [6.45, 7) is 3.33. The zero-order valence-electron chi connectivity index (χ0n) is 10.6. The standard InChI is InChI=1S/C13H14N4OS/c1-9-8-19-12(16-9)13(18)17-6-3-10(7-17)11-14-4-2-5-15-11/h2,4-5,8,10H,3,6-7H2,1H3. The third kappa shape index (κ3) is 2.49. The molecular formula is C13H14N4OS. The molecule has 2 aromatic rings. The number of aromatic nitrogens is 3. The first-order chi connectivity index (χ1) is 9.24. The van der Waals surface area contributed by atoms with Crippen LogP contribution in [0.4, 0.5) is 0 Å². The van der Waals surface area contributed by atoms with Gasteiger partial charge in [-0.2, -0.15) is 0 Å². The van der Waals surface area contributed by atoms with Gasteiger partial charge in [0.1, 0.15) is 5.82 Å². The molecule has 0 aliphatic carbocycles. The maximum absolute atomic E-state index is 12.3. The van der Waals surface area contributed by atoms with Crippen LogP contribution in [0.25, 0.3) is 0 Å². The van der Waals surface area contributed by atoms with E-state index in [1.54, 1.807) is 18.5 Å². The zero-order chi connectivity index (χ0) is 13.2. The molecule has 0 bridgehead atoms. The van der Waals surface area contributed by atoms with Gasteiger partial charge in [-0.1, -0.05) is 0 Å². The number of thiazole rings is 1. The Hall–Kier alpha value is -1.82. The SMILES string of the molecule is Cc1csc(C(=O)N2CCC(c3ncccn3)C2)n1. The lowest BCUT2D eigenvalue weighted by Crippen LogP contribution is -2.28. The van der Waals surface area contributed by atoms with Crippen LogP contribution < -0.4 is 0 Å². The second-order valence-electron chi connectivity index (χ2n) is 4.64. The number of hydrogen-bond donors (Lipinski definition) is 0. The maximum Gasteiger partial charge on any atom is 0.282 e. The van der Waals surface area contributed by atoms with Crippen molar-refractivity contribution in [2.45, 2.75) is 19.3 Å². The highest BCUT2D eigenvalue weighted by Crippen LogP contribution is 2.26. The molecule has 5 nitrogen and oxygen atoms in total. The van der Waals surface area contributed by atoms with E-state index in [9.17, 15) is 4.79 Å². The number of aryl methyl sites for hydroxylation is 1. The van der Waals surface area contributed by atoms with Crippen LogP contribution in [0.15, 0.2) is 23.8 Å². The van der Waals surface area contributed by atoms with Crippen LogP contribution in [0.5, 0.6) is 0 Å². The van der Waals surface area contributed by atoms with Crippen molar-refractivity contribution in [3.05, 3.63) is 40.4 Å². The van der Waals surface area contributed by atoms with Gasteiger partial charge >= 0.3 is 0 Å². The molecule has 3 heterocycles. The van der Waals surface area contributed by atoms with Gasteiger partial charge in [0, 0.05) is 42.5 Å². The molecule has 0 N–H and O–H groups in total. The van der Waals surface area contributed by atoms with Crippen molar-refractivity contribution in [2.24, 2.45) is 0 Å². The predicted octanol–water partition coefficient (Wildman–Crippen LogP) is 1.87. The number of nitrogens with zero attached hydrogens (tertiary/aromatic N) is 4. The van der Waals surface area contributed by atoms with Crippen LogP contribution in [0.3, 0.4) is 0 Å². The van der Waals surface area contributed by atoms with E-state index in [-0.39, 0.29) is 11.8 Å². The summed E-state index contributed by atoms with van der Waals surface area (Å²) in [6.07, 6.45) is 4.41. The Labute approximate surface area is 115 Å². The van der Waals surface area contributed by atoms with Crippen molar-refractivity contribution >= 4 is 17.2 Å². The molecule has 0 saturated carbocycles. The number of carbonyl (C=O) groups is 1. The quantitative estimate of drug-likeness (QED) is 0.839. The fourth-order valence-corrected chi connectivity index (χ4v) is 3.03. The fourth-order valence-electron chi connectivity index (χ4n) is 2.26. The van der Waals surface area contributed by atoms with Crippen molar-refractivity contribution in [2.75, 3.05) is 13.1 Å². The normalized spacial score (nSPS) is 18.8. The monoisotopic (exact) mass is 274 g/mol. The van der Waals surface area contributed by atoms with Gasteiger partial charge in [-0.15, -0.1) is 11.3 Å². The molecule has 19 heavy (non-hydrogen) atoms. The Balaban J connectivity index is 1.71. The highest BCUT2D eigenvalue weighted by atomic mass is 32.1. The maximum atomic E-state index is 12.3. The van der Waals surface area contributed by atoms with Gasteiger partial charge in [-0.05, 0) is 19.4 Å². The lowest BCUT2D eigenvalue weighted by Gasteiger charge is -2.14. The van der Waals surface area contributed by atoms with Gasteiger partial charge in [0.15, 0.2) is 5.01 Å². The summed E-state index contributed by atoms with van der Waals surface area (Å²) in [5.74, 6) is 1.09. The first kappa shape index (κ1) is 12.2. The number of amides is 1. The molecular weight excluding hydrogens is 260 g/mol. The van der Waals surface area contributed by atoms with Gasteiger partial charge in [0.2, 0.25) is 0 Å². The molecule has 1 unspecified atom stereocenters. The molecule has 1 atom stereocenters. The molecule has 0 spiro atoms. The second-order valence-corrected chi connectivity index (χ2v) is 5.50. The Kier molecular flexibility index (Phi) is 3.25. The summed E-state index contributed by atoms with van der Waals surface area (Å²) in [6, 6.07) is 1.81. The minimum Gasteiger partial charge on any atom is -0.336 e. The van der Waals surface area contributed by atoms with Crippen LogP contribution in [0.2, 0.25) is 0 Å². The van der Waals surface area contributed by atoms with Crippen LogP contribution in [0, 0.1) is 6.92 Å². The molecule has 3 rings (SSSR count). The first-order valence-electron chi connectivity index (χ1n) is 6.22. The molecule has 6 heteroatoms. The molecule has 2 aromatic heterocycles. The molecule has 0 aromatic carbocycles. The molecule has 1 saturated heterocycles. The number of likely N-dealkylation sites (tertiary alicyclic amines) is 1. The summed E-state index contributed by atoms with van der Waals surface area (Å²) in [5, 5.41) is 2.48. The van der Waals surface area contributed by atoms with Gasteiger partial charge in [-0.25, -0.2) is 15.0 Å². The average molecular weight is 274 g/mol. The molecule has 98 valence electrons. The fraction of sp³-hybridized carbons (Fsp3) is 0.385. The second kappa shape index (κ2) is 5.05. The predicted molar refractivity (Wildman–Crippen MR) is 72.1 cm³/mol. The Morgan fingerprint density at radius 1 is 1.42 bits per heavy atom.